The van der Waals surface area contributed by atoms with Gasteiger partial charge in [-0.15, -0.1) is 11.3 Å². The summed E-state index contributed by atoms with van der Waals surface area (Å²) in [7, 11) is 0. The maximum absolute atomic E-state index is 12.4. The van der Waals surface area contributed by atoms with Crippen LogP contribution in [0.4, 0.5) is 0 Å². The van der Waals surface area contributed by atoms with Gasteiger partial charge in [-0.1, -0.05) is 5.16 Å². The van der Waals surface area contributed by atoms with Gasteiger partial charge in [0.1, 0.15) is 5.76 Å². The molecule has 4 rings (SSSR count). The van der Waals surface area contributed by atoms with Crippen molar-refractivity contribution < 1.29 is 9.32 Å². The Balaban J connectivity index is 1.54. The molecule has 0 aromatic carbocycles. The second-order valence-corrected chi connectivity index (χ2v) is 6.24. The molecule has 2 aromatic rings. The van der Waals surface area contributed by atoms with E-state index in [4.69, 9.17) is 4.52 Å². The molecule has 0 spiro atoms. The summed E-state index contributed by atoms with van der Waals surface area (Å²) in [4.78, 5) is 15.7. The molecule has 1 amide bonds. The van der Waals surface area contributed by atoms with E-state index in [1.165, 1.54) is 10.4 Å². The Bertz CT molecular complexity index is 627. The van der Waals surface area contributed by atoms with E-state index in [2.05, 4.69) is 16.6 Å². The van der Waals surface area contributed by atoms with Crippen LogP contribution in [0.25, 0.3) is 0 Å². The van der Waals surface area contributed by atoms with Gasteiger partial charge in [-0.25, -0.2) is 0 Å². The lowest BCUT2D eigenvalue weighted by atomic mass is 10.1. The van der Waals surface area contributed by atoms with Crippen LogP contribution in [0, 0.1) is 0 Å². The number of thiophene rings is 1. The third kappa shape index (κ3) is 1.98. The first-order valence-corrected chi connectivity index (χ1v) is 7.50. The minimum atomic E-state index is -0.00694. The van der Waals surface area contributed by atoms with Crippen LogP contribution in [0.5, 0.6) is 0 Å². The van der Waals surface area contributed by atoms with E-state index in [0.29, 0.717) is 18.2 Å². The summed E-state index contributed by atoms with van der Waals surface area (Å²) in [5.74, 6) is 1.36. The fourth-order valence-corrected chi connectivity index (χ4v) is 3.42. The molecule has 4 nitrogen and oxygen atoms in total. The van der Waals surface area contributed by atoms with Gasteiger partial charge >= 0.3 is 0 Å². The van der Waals surface area contributed by atoms with E-state index >= 15 is 0 Å². The predicted octanol–water partition coefficient (Wildman–Crippen LogP) is 2.81. The number of hydrogen-bond donors (Lipinski definition) is 0. The lowest BCUT2D eigenvalue weighted by Crippen LogP contribution is -2.35. The zero-order chi connectivity index (χ0) is 12.8. The Morgan fingerprint density at radius 1 is 1.47 bits per heavy atom. The number of hydrogen-bond acceptors (Lipinski definition) is 4. The molecule has 0 unspecified atom stereocenters. The van der Waals surface area contributed by atoms with Crippen LogP contribution in [-0.4, -0.2) is 22.5 Å². The van der Waals surface area contributed by atoms with Crippen molar-refractivity contribution in [3.8, 4) is 0 Å². The van der Waals surface area contributed by atoms with Gasteiger partial charge in [0, 0.05) is 30.0 Å². The molecule has 0 radical (unpaired) electrons. The highest BCUT2D eigenvalue weighted by atomic mass is 32.1. The minimum absolute atomic E-state index is 0.00694. The van der Waals surface area contributed by atoms with E-state index in [0.717, 1.165) is 31.6 Å². The SMILES string of the molecule is O=C(c1cc(C2CC2)on1)N1CCc2sccc2C1. The molecule has 5 heteroatoms. The van der Waals surface area contributed by atoms with Gasteiger partial charge in [-0.2, -0.15) is 0 Å². The number of amides is 1. The summed E-state index contributed by atoms with van der Waals surface area (Å²) >= 11 is 1.78. The van der Waals surface area contributed by atoms with Crippen molar-refractivity contribution >= 4 is 17.2 Å². The van der Waals surface area contributed by atoms with Crippen molar-refractivity contribution in [1.29, 1.82) is 0 Å². The molecule has 2 aromatic heterocycles. The lowest BCUT2D eigenvalue weighted by Gasteiger charge is -2.26. The van der Waals surface area contributed by atoms with Gasteiger partial charge in [0.05, 0.1) is 0 Å². The van der Waals surface area contributed by atoms with Crippen LogP contribution in [0.1, 0.15) is 45.4 Å². The van der Waals surface area contributed by atoms with Crippen molar-refractivity contribution in [2.24, 2.45) is 0 Å². The zero-order valence-electron chi connectivity index (χ0n) is 10.5. The Morgan fingerprint density at radius 3 is 3.21 bits per heavy atom. The highest BCUT2D eigenvalue weighted by Gasteiger charge is 2.30. The van der Waals surface area contributed by atoms with E-state index < -0.39 is 0 Å². The normalized spacial score (nSPS) is 18.4. The standard InChI is InChI=1S/C14H14N2O2S/c17-14(11-7-12(18-15-11)9-1-2-9)16-5-3-13-10(8-16)4-6-19-13/h4,6-7,9H,1-3,5,8H2. The Hall–Kier alpha value is -1.62. The molecule has 19 heavy (non-hydrogen) atoms. The minimum Gasteiger partial charge on any atom is -0.360 e. The van der Waals surface area contributed by atoms with Crippen molar-refractivity contribution in [2.45, 2.75) is 31.7 Å². The fourth-order valence-electron chi connectivity index (χ4n) is 2.53. The number of aromatic nitrogens is 1. The van der Waals surface area contributed by atoms with Gasteiger partial charge in [-0.3, -0.25) is 4.79 Å². The Kier molecular flexibility index (Phi) is 2.48. The monoisotopic (exact) mass is 274 g/mol. The second kappa shape index (κ2) is 4.20. The van der Waals surface area contributed by atoms with Crippen LogP contribution in [0.15, 0.2) is 22.0 Å². The molecule has 0 saturated heterocycles. The number of rotatable bonds is 2. The average molecular weight is 274 g/mol. The molecule has 1 fully saturated rings. The summed E-state index contributed by atoms with van der Waals surface area (Å²) in [5, 5.41) is 6.03. The van der Waals surface area contributed by atoms with Crippen molar-refractivity contribution in [1.82, 2.24) is 10.1 Å². The molecule has 2 aliphatic rings. The maximum atomic E-state index is 12.4. The van der Waals surface area contributed by atoms with Crippen LogP contribution >= 0.6 is 11.3 Å². The first kappa shape index (κ1) is 11.2. The van der Waals surface area contributed by atoms with Crippen LogP contribution < -0.4 is 0 Å². The molecule has 0 bridgehead atoms. The van der Waals surface area contributed by atoms with Crippen molar-refractivity contribution in [3.05, 3.63) is 39.4 Å². The second-order valence-electron chi connectivity index (χ2n) is 5.23. The van der Waals surface area contributed by atoms with Crippen molar-refractivity contribution in [2.75, 3.05) is 6.54 Å². The van der Waals surface area contributed by atoms with Crippen LogP contribution in [-0.2, 0) is 13.0 Å². The molecule has 0 N–H and O–H groups in total. The number of fused-ring (bicyclic) bond motifs is 1. The number of carbonyl (C=O) groups is 1. The van der Waals surface area contributed by atoms with E-state index in [1.54, 1.807) is 11.3 Å². The summed E-state index contributed by atoms with van der Waals surface area (Å²) in [5.41, 5.74) is 1.73. The Morgan fingerprint density at radius 2 is 2.37 bits per heavy atom. The summed E-state index contributed by atoms with van der Waals surface area (Å²) in [6.07, 6.45) is 3.27. The molecular formula is C14H14N2O2S. The number of nitrogens with zero attached hydrogens (tertiary/aromatic N) is 2. The predicted molar refractivity (Wildman–Crippen MR) is 71.2 cm³/mol. The third-order valence-electron chi connectivity index (χ3n) is 3.82. The number of carbonyl (C=O) groups excluding carboxylic acids is 1. The average Bonchev–Trinajstić information content (AvgIpc) is 3.00. The summed E-state index contributed by atoms with van der Waals surface area (Å²) < 4.78 is 5.26. The molecule has 1 aliphatic heterocycles. The lowest BCUT2D eigenvalue weighted by molar-refractivity contribution is 0.0725. The first-order chi connectivity index (χ1) is 9.31. The molecule has 1 saturated carbocycles. The quantitative estimate of drug-likeness (QED) is 0.846. The first-order valence-electron chi connectivity index (χ1n) is 6.62. The van der Waals surface area contributed by atoms with Gasteiger partial charge in [0.2, 0.25) is 0 Å². The van der Waals surface area contributed by atoms with E-state index in [-0.39, 0.29) is 5.91 Å². The molecular weight excluding hydrogens is 260 g/mol. The van der Waals surface area contributed by atoms with Crippen LogP contribution in [0.2, 0.25) is 0 Å². The fraction of sp³-hybridized carbons (Fsp3) is 0.429. The highest BCUT2D eigenvalue weighted by molar-refractivity contribution is 7.10. The molecule has 98 valence electrons. The smallest absolute Gasteiger partial charge is 0.276 e. The largest absolute Gasteiger partial charge is 0.360 e. The summed E-state index contributed by atoms with van der Waals surface area (Å²) in [6.45, 7) is 1.47. The third-order valence-corrected chi connectivity index (χ3v) is 4.85. The summed E-state index contributed by atoms with van der Waals surface area (Å²) in [6, 6.07) is 3.93. The Labute approximate surface area is 115 Å². The maximum Gasteiger partial charge on any atom is 0.276 e. The molecule has 3 heterocycles. The van der Waals surface area contributed by atoms with E-state index in [1.807, 2.05) is 11.0 Å². The van der Waals surface area contributed by atoms with E-state index in [9.17, 15) is 4.79 Å². The van der Waals surface area contributed by atoms with Gasteiger partial charge in [0.15, 0.2) is 5.69 Å². The molecule has 1 aliphatic carbocycles. The van der Waals surface area contributed by atoms with Gasteiger partial charge in [0.25, 0.3) is 5.91 Å². The molecule has 0 atom stereocenters. The van der Waals surface area contributed by atoms with Gasteiger partial charge in [-0.05, 0) is 36.3 Å². The van der Waals surface area contributed by atoms with Gasteiger partial charge < -0.3 is 9.42 Å². The van der Waals surface area contributed by atoms with Crippen molar-refractivity contribution in [3.63, 3.8) is 0 Å². The highest BCUT2D eigenvalue weighted by Crippen LogP contribution is 2.40. The zero-order valence-corrected chi connectivity index (χ0v) is 11.3. The van der Waals surface area contributed by atoms with Crippen LogP contribution in [0.3, 0.4) is 0 Å². The topological polar surface area (TPSA) is 46.3 Å².